The maximum atomic E-state index is 12.0. The van der Waals surface area contributed by atoms with Gasteiger partial charge in [-0.15, -0.1) is 0 Å². The van der Waals surface area contributed by atoms with Crippen molar-refractivity contribution in [3.05, 3.63) is 0 Å². The lowest BCUT2D eigenvalue weighted by Gasteiger charge is -2.39. The van der Waals surface area contributed by atoms with E-state index >= 15 is 0 Å². The summed E-state index contributed by atoms with van der Waals surface area (Å²) in [5.74, 6) is 0.785. The van der Waals surface area contributed by atoms with E-state index in [1.807, 2.05) is 6.92 Å². The number of aliphatic imine (C=N–C) groups is 1. The summed E-state index contributed by atoms with van der Waals surface area (Å²) in [5.41, 5.74) is 0. The van der Waals surface area contributed by atoms with Crippen molar-refractivity contribution in [3.8, 4) is 0 Å². The quantitative estimate of drug-likeness (QED) is 0.761. The third kappa shape index (κ3) is 2.09. The van der Waals surface area contributed by atoms with Gasteiger partial charge in [0.05, 0.1) is 25.1 Å². The molecule has 1 N–H and O–H groups in total. The minimum atomic E-state index is -0.119. The largest absolute Gasteiger partial charge is 0.466 e. The summed E-state index contributed by atoms with van der Waals surface area (Å²) in [5, 5.41) is 3.54. The van der Waals surface area contributed by atoms with E-state index in [-0.39, 0.29) is 17.9 Å². The lowest BCUT2D eigenvalue weighted by atomic mass is 9.88. The van der Waals surface area contributed by atoms with Crippen LogP contribution in [0.25, 0.3) is 0 Å². The molecule has 19 heavy (non-hydrogen) atoms. The lowest BCUT2D eigenvalue weighted by Crippen LogP contribution is -2.52. The van der Waals surface area contributed by atoms with Crippen LogP contribution in [-0.2, 0) is 9.53 Å². The van der Waals surface area contributed by atoms with Crippen molar-refractivity contribution in [2.45, 2.75) is 57.7 Å². The molecule has 3 aliphatic rings. The highest BCUT2D eigenvalue weighted by Crippen LogP contribution is 2.33. The first-order chi connectivity index (χ1) is 9.22. The number of rotatable bonds is 2. The van der Waals surface area contributed by atoms with Crippen molar-refractivity contribution >= 4 is 11.9 Å². The average Bonchev–Trinajstić information content (AvgIpc) is 2.78. The predicted molar refractivity (Wildman–Crippen MR) is 72.9 cm³/mol. The van der Waals surface area contributed by atoms with Crippen LogP contribution in [0.15, 0.2) is 4.99 Å². The molecule has 5 heteroatoms. The average molecular weight is 265 g/mol. The first-order valence-corrected chi connectivity index (χ1v) is 7.48. The number of fused-ring (bicyclic) bond motifs is 3. The number of nitrogens with one attached hydrogen (secondary N) is 1. The van der Waals surface area contributed by atoms with Crippen LogP contribution in [0, 0.1) is 5.92 Å². The van der Waals surface area contributed by atoms with Crippen molar-refractivity contribution in [1.82, 2.24) is 10.2 Å². The predicted octanol–water partition coefficient (Wildman–Crippen LogP) is 1.14. The highest BCUT2D eigenvalue weighted by molar-refractivity contribution is 5.86. The van der Waals surface area contributed by atoms with Gasteiger partial charge in [-0.2, -0.15) is 0 Å². The minimum absolute atomic E-state index is 0.0999. The smallest absolute Gasteiger partial charge is 0.312 e. The Morgan fingerprint density at radius 3 is 3.05 bits per heavy atom. The number of nitrogens with zero attached hydrogens (tertiary/aromatic N) is 2. The highest BCUT2D eigenvalue weighted by Gasteiger charge is 2.46. The first kappa shape index (κ1) is 12.8. The summed E-state index contributed by atoms with van der Waals surface area (Å²) in [4.78, 5) is 18.9. The maximum absolute atomic E-state index is 12.0. The van der Waals surface area contributed by atoms with Crippen molar-refractivity contribution in [3.63, 3.8) is 0 Å². The Balaban J connectivity index is 1.79. The Morgan fingerprint density at radius 2 is 2.26 bits per heavy atom. The zero-order valence-corrected chi connectivity index (χ0v) is 11.8. The Bertz CT molecular complexity index is 396. The van der Waals surface area contributed by atoms with Crippen LogP contribution >= 0.6 is 0 Å². The van der Waals surface area contributed by atoms with E-state index in [0.717, 1.165) is 5.96 Å². The van der Waals surface area contributed by atoms with Gasteiger partial charge in [-0.3, -0.25) is 9.79 Å². The Morgan fingerprint density at radius 1 is 1.47 bits per heavy atom. The minimum Gasteiger partial charge on any atom is -0.466 e. The standard InChI is InChI=1S/C14H23N3O2/c1-3-19-13(18)10-8-15-14-16-11-6-4-5-7-12(11)17(14)9(10)2/h9-12H,3-8H2,1-2H3,(H,15,16). The maximum Gasteiger partial charge on any atom is 0.312 e. The Hall–Kier alpha value is -1.26. The molecule has 0 bridgehead atoms. The molecule has 0 aromatic rings. The molecule has 0 aromatic carbocycles. The molecule has 2 heterocycles. The van der Waals surface area contributed by atoms with Gasteiger partial charge in [0.1, 0.15) is 0 Å². The molecule has 0 spiro atoms. The van der Waals surface area contributed by atoms with E-state index in [4.69, 9.17) is 4.74 Å². The Labute approximate surface area is 114 Å². The van der Waals surface area contributed by atoms with Crippen LogP contribution in [-0.4, -0.2) is 48.1 Å². The van der Waals surface area contributed by atoms with E-state index in [2.05, 4.69) is 22.1 Å². The van der Waals surface area contributed by atoms with Gasteiger partial charge in [-0.05, 0) is 26.7 Å². The number of carbonyl (C=O) groups is 1. The monoisotopic (exact) mass is 265 g/mol. The molecule has 5 nitrogen and oxygen atoms in total. The summed E-state index contributed by atoms with van der Waals surface area (Å²) in [7, 11) is 0. The van der Waals surface area contributed by atoms with E-state index in [1.165, 1.54) is 25.7 Å². The molecular formula is C14H23N3O2. The normalized spacial score (nSPS) is 36.9. The fourth-order valence-corrected chi connectivity index (χ4v) is 3.68. The Kier molecular flexibility index (Phi) is 3.37. The summed E-state index contributed by atoms with van der Waals surface area (Å²) in [6, 6.07) is 1.22. The van der Waals surface area contributed by atoms with Crippen molar-refractivity contribution in [2.24, 2.45) is 10.9 Å². The van der Waals surface area contributed by atoms with Crippen molar-refractivity contribution < 1.29 is 9.53 Å². The number of ether oxygens (including phenoxy) is 1. The summed E-state index contributed by atoms with van der Waals surface area (Å²) in [6.07, 6.45) is 5.00. The summed E-state index contributed by atoms with van der Waals surface area (Å²) < 4.78 is 5.18. The van der Waals surface area contributed by atoms with Crippen LogP contribution < -0.4 is 5.32 Å². The van der Waals surface area contributed by atoms with E-state index in [0.29, 0.717) is 25.2 Å². The highest BCUT2D eigenvalue weighted by atomic mass is 16.5. The van der Waals surface area contributed by atoms with Crippen LogP contribution in [0.5, 0.6) is 0 Å². The second kappa shape index (κ2) is 5.02. The molecule has 0 amide bonds. The molecular weight excluding hydrogens is 242 g/mol. The first-order valence-electron chi connectivity index (χ1n) is 7.48. The SMILES string of the molecule is CCOC(=O)C1CN=C2NC3CCCCC3N2C1C. The molecule has 4 unspecified atom stereocenters. The summed E-state index contributed by atoms with van der Waals surface area (Å²) in [6.45, 7) is 4.99. The number of guanidine groups is 1. The fourth-order valence-electron chi connectivity index (χ4n) is 3.68. The molecule has 0 radical (unpaired) electrons. The molecule has 0 aromatic heterocycles. The van der Waals surface area contributed by atoms with Crippen LogP contribution in [0.1, 0.15) is 39.5 Å². The van der Waals surface area contributed by atoms with Gasteiger partial charge in [0.25, 0.3) is 0 Å². The van der Waals surface area contributed by atoms with Crippen molar-refractivity contribution in [1.29, 1.82) is 0 Å². The summed E-state index contributed by atoms with van der Waals surface area (Å²) >= 11 is 0. The molecule has 2 aliphatic heterocycles. The number of esters is 1. The van der Waals surface area contributed by atoms with Gasteiger partial charge in [0.2, 0.25) is 0 Å². The molecule has 2 fully saturated rings. The van der Waals surface area contributed by atoms with Gasteiger partial charge >= 0.3 is 5.97 Å². The molecule has 1 aliphatic carbocycles. The zero-order valence-electron chi connectivity index (χ0n) is 11.8. The van der Waals surface area contributed by atoms with Gasteiger partial charge in [0.15, 0.2) is 5.96 Å². The van der Waals surface area contributed by atoms with Crippen LogP contribution in [0.4, 0.5) is 0 Å². The number of carbonyl (C=O) groups excluding carboxylic acids is 1. The van der Waals surface area contributed by atoms with Crippen molar-refractivity contribution in [2.75, 3.05) is 13.2 Å². The third-order valence-corrected chi connectivity index (χ3v) is 4.69. The zero-order chi connectivity index (χ0) is 13.4. The molecule has 106 valence electrons. The van der Waals surface area contributed by atoms with Crippen LogP contribution in [0.3, 0.4) is 0 Å². The molecule has 1 saturated heterocycles. The molecule has 4 atom stereocenters. The van der Waals surface area contributed by atoms with Gasteiger partial charge in [-0.25, -0.2) is 0 Å². The van der Waals surface area contributed by atoms with Gasteiger partial charge < -0.3 is 15.0 Å². The fraction of sp³-hybridized carbons (Fsp3) is 0.857. The van der Waals surface area contributed by atoms with E-state index in [9.17, 15) is 4.79 Å². The third-order valence-electron chi connectivity index (χ3n) is 4.69. The lowest BCUT2D eigenvalue weighted by molar-refractivity contribution is -0.149. The second-order valence-electron chi connectivity index (χ2n) is 5.77. The second-order valence-corrected chi connectivity index (χ2v) is 5.77. The van der Waals surface area contributed by atoms with E-state index < -0.39 is 0 Å². The number of hydrogen-bond acceptors (Lipinski definition) is 5. The topological polar surface area (TPSA) is 53.9 Å². The van der Waals surface area contributed by atoms with Gasteiger partial charge in [-0.1, -0.05) is 12.8 Å². The molecule has 3 rings (SSSR count). The van der Waals surface area contributed by atoms with Gasteiger partial charge in [0, 0.05) is 12.1 Å². The van der Waals surface area contributed by atoms with Crippen LogP contribution in [0.2, 0.25) is 0 Å². The number of hydrogen-bond donors (Lipinski definition) is 1. The molecule has 1 saturated carbocycles. The van der Waals surface area contributed by atoms with E-state index in [1.54, 1.807) is 0 Å².